The summed E-state index contributed by atoms with van der Waals surface area (Å²) in [6.07, 6.45) is -1.91. The smallest absolute Gasteiger partial charge is 0.450 e. The summed E-state index contributed by atoms with van der Waals surface area (Å²) in [5.74, 6) is -2.66. The van der Waals surface area contributed by atoms with Crippen LogP contribution in [0, 0.1) is 60.2 Å². The molecule has 8 aromatic carbocycles. The molecule has 712 valence electrons. The number of ketones is 1. The average molecular weight is 1880 g/mol. The van der Waals surface area contributed by atoms with E-state index in [4.69, 9.17) is 58.5 Å². The number of alkyl halides is 6. The number of hydrogen-bond acceptors (Lipinski definition) is 15. The molecule has 0 amide bonds. The molecule has 0 radical (unpaired) electrons. The zero-order valence-electron chi connectivity index (χ0n) is 81.2. The number of hydrogen-bond donors (Lipinski definition) is 0. The van der Waals surface area contributed by atoms with Crippen molar-refractivity contribution in [2.24, 2.45) is 53.3 Å². The van der Waals surface area contributed by atoms with Crippen LogP contribution in [-0.4, -0.2) is 105 Å². The van der Waals surface area contributed by atoms with Gasteiger partial charge in [0.05, 0.1) is 52.3 Å². The van der Waals surface area contributed by atoms with Crippen LogP contribution >= 0.6 is 34.8 Å². The van der Waals surface area contributed by atoms with Crippen molar-refractivity contribution in [2.75, 3.05) is 26.4 Å². The van der Waals surface area contributed by atoms with E-state index >= 15 is 0 Å². The highest BCUT2D eigenvalue weighted by Gasteiger charge is 2.41. The molecule has 0 bridgehead atoms. The van der Waals surface area contributed by atoms with Crippen LogP contribution in [-0.2, 0) is 90.3 Å². The molecule has 0 aliphatic heterocycles. The van der Waals surface area contributed by atoms with Crippen LogP contribution in [0.3, 0.4) is 0 Å². The molecule has 0 spiro atoms. The number of halogens is 6. The predicted molar refractivity (Wildman–Crippen MR) is 526 cm³/mol. The number of rotatable bonds is 25. The second kappa shape index (κ2) is 60.7. The first-order valence-corrected chi connectivity index (χ1v) is 50.4. The Bertz CT molecular complexity index is 4500. The first-order chi connectivity index (χ1) is 59.9. The van der Waals surface area contributed by atoms with Crippen LogP contribution in [0.5, 0.6) is 0 Å². The summed E-state index contributed by atoms with van der Waals surface area (Å²) in [6.45, 7) is 56.0. The highest BCUT2D eigenvalue weighted by Crippen LogP contribution is 2.46. The van der Waals surface area contributed by atoms with Crippen LogP contribution in [0.2, 0.25) is 25.7 Å². The lowest BCUT2D eigenvalue weighted by Crippen LogP contribution is -2.35. The van der Waals surface area contributed by atoms with Crippen LogP contribution in [0.25, 0.3) is 11.1 Å². The minimum absolute atomic E-state index is 0.00614. The van der Waals surface area contributed by atoms with Crippen molar-refractivity contribution < 1.29 is 83.6 Å². The lowest BCUT2D eigenvalue weighted by atomic mass is 9.63. The van der Waals surface area contributed by atoms with E-state index < -0.39 is 39.6 Å². The Morgan fingerprint density at radius 2 is 0.775 bits per heavy atom. The monoisotopic (exact) mass is 1880 g/mol. The molecule has 8 aromatic rings. The lowest BCUT2D eigenvalue weighted by molar-refractivity contribution is -0.174. The minimum atomic E-state index is -4.66. The van der Waals surface area contributed by atoms with Crippen molar-refractivity contribution in [1.29, 1.82) is 0 Å². The maximum Gasteiger partial charge on any atom is 0.450 e. The lowest BCUT2D eigenvalue weighted by Gasteiger charge is -2.39. The van der Waals surface area contributed by atoms with E-state index in [1.165, 1.54) is 64.8 Å². The standard InChI is InChI=1S/C22H22.C18H18O2.C11H14O2.C10H14O2S.C10H14.C9H20O2Si.C8H16O2.C7H12O2.C6H9Cl3O2.C5H7F3O/c1-18(2)22(19-12-6-3-7-13-19,20-14-8-4-9-15-20)21-16-10-5-11-17-21;1-12(2)18(19)20-11-17-15-9-5-3-7-13(15)14-8-4-6-10-16(14)17;1-9(2)11(12)13-8-10-6-4-3-5-7-10;1-8(2)13(11,12)10-6-4-9(3)5-7-10;1-9(2)8-10-6-4-3-5-7-10;1-8(2)9(10)11-6-7-12(3,4)5;1-6(2)7(9)10-8(3,4)5;1-4-5-9-7(8)6(2)3;1-4(2)5(10)11-3-6(7,8)9;1-3(2)4(9)5(6,7)8/h3-18H,1-2H3;3-10,12,17H,11H2,1-2H3;3-7,9H,8H2,1-2H3;4-8H,1-3H3;3-7,9H,8H2,1-2H3;8H,6-7H2,1-5H3;6H,1-5H3;4,6H,1,5H2,2-3H3;4H,3H2,1-2H3;3H,1-2H3. The third kappa shape index (κ3) is 49.6. The van der Waals surface area contributed by atoms with Crippen molar-refractivity contribution >= 4 is 94.3 Å². The molecule has 15 nitrogen and oxygen atoms in total. The fourth-order valence-corrected chi connectivity index (χ4v) is 13.3. The third-order valence-corrected chi connectivity index (χ3v) is 22.6. The molecule has 9 rings (SSSR count). The van der Waals surface area contributed by atoms with E-state index in [9.17, 15) is 55.2 Å². The number of fused-ring (bicyclic) bond motifs is 3. The second-order valence-corrected chi connectivity index (χ2v) is 46.7. The molecule has 0 unspecified atom stereocenters. The summed E-state index contributed by atoms with van der Waals surface area (Å²) in [7, 11) is -4.13. The van der Waals surface area contributed by atoms with E-state index in [0.717, 1.165) is 23.1 Å². The number of carbonyl (C=O) groups is 7. The summed E-state index contributed by atoms with van der Waals surface area (Å²) in [6, 6.07) is 77.6. The predicted octanol–water partition coefficient (Wildman–Crippen LogP) is 27.3. The number of sulfone groups is 1. The third-order valence-electron chi connectivity index (χ3n) is 18.4. The van der Waals surface area contributed by atoms with Gasteiger partial charge in [0.25, 0.3) is 0 Å². The SMILES string of the molecule is C=CCOC(=O)C(C)C.CC(C)C(=O)C(F)(F)F.CC(C)C(=O)OC(C)(C)C.CC(C)C(=O)OCC(Cl)(Cl)Cl.CC(C)C(=O)OCC1c2ccccc2-c2ccccc21.CC(C)C(=O)OCC[Si](C)(C)C.CC(C)C(=O)OCc1ccccc1.CC(C)C(c1ccccc1)(c1ccccc1)c1ccccc1.CC(C)Cc1ccccc1.Cc1ccc(S(=O)(=O)C(C)C)cc1. The first-order valence-electron chi connectivity index (χ1n) is 44.0. The zero-order valence-corrected chi connectivity index (χ0v) is 85.3. The Balaban J connectivity index is 0.00000144. The second-order valence-electron chi connectivity index (χ2n) is 36.1. The van der Waals surface area contributed by atoms with Gasteiger partial charge in [0.2, 0.25) is 9.58 Å². The van der Waals surface area contributed by atoms with E-state index in [0.29, 0.717) is 37.2 Å². The van der Waals surface area contributed by atoms with Crippen LogP contribution < -0.4 is 0 Å². The van der Waals surface area contributed by atoms with Crippen LogP contribution in [0.15, 0.2) is 242 Å². The van der Waals surface area contributed by atoms with Crippen LogP contribution in [0.4, 0.5) is 13.2 Å². The summed E-state index contributed by atoms with van der Waals surface area (Å²) in [5, 5.41) is -0.352. The molecular weight excluding hydrogens is 1740 g/mol. The molecule has 0 fully saturated rings. The number of benzene rings is 8. The van der Waals surface area contributed by atoms with E-state index in [1.807, 2.05) is 138 Å². The van der Waals surface area contributed by atoms with Gasteiger partial charge >= 0.3 is 42.0 Å². The average Bonchev–Trinajstić information content (AvgIpc) is 1.56. The Hall–Kier alpha value is -9.18. The van der Waals surface area contributed by atoms with Crippen LogP contribution in [0.1, 0.15) is 210 Å². The normalized spacial score (nSPS) is 11.6. The van der Waals surface area contributed by atoms with Gasteiger partial charge in [0.1, 0.15) is 32.0 Å². The number of esters is 6. The van der Waals surface area contributed by atoms with Gasteiger partial charge in [-0.05, 0) is 128 Å². The van der Waals surface area contributed by atoms with E-state index in [1.54, 1.807) is 59.8 Å². The number of Topliss-reactive ketones (excluding diaryl/α,β-unsaturated/α-hetero) is 1. The first kappa shape index (κ1) is 120. The number of aryl methyl sites for hydroxylation is 1. The largest absolute Gasteiger partial charge is 0.466 e. The number of ether oxygens (including phenoxy) is 6. The van der Waals surface area contributed by atoms with Gasteiger partial charge in [0, 0.05) is 25.3 Å². The van der Waals surface area contributed by atoms with Crippen molar-refractivity contribution in [3.05, 3.63) is 282 Å². The maximum absolute atomic E-state index is 11.7. The summed E-state index contributed by atoms with van der Waals surface area (Å²) < 4.78 is 85.8. The van der Waals surface area contributed by atoms with Crippen molar-refractivity contribution in [3.8, 4) is 11.1 Å². The molecular formula is C106H146Cl3F3O15SSi. The fourth-order valence-electron chi connectivity index (χ4n) is 11.4. The van der Waals surface area contributed by atoms with Gasteiger partial charge in [-0.25, -0.2) is 8.42 Å². The Morgan fingerprint density at radius 1 is 0.434 bits per heavy atom. The maximum atomic E-state index is 11.7. The van der Waals surface area contributed by atoms with Gasteiger partial charge in [-0.2, -0.15) is 13.2 Å². The summed E-state index contributed by atoms with van der Waals surface area (Å²) in [5.41, 5.74) is 12.1. The van der Waals surface area contributed by atoms with Crippen molar-refractivity contribution in [3.63, 3.8) is 0 Å². The number of carbonyl (C=O) groups excluding carboxylic acids is 7. The molecule has 129 heavy (non-hydrogen) atoms. The van der Waals surface area contributed by atoms with Crippen molar-refractivity contribution in [1.82, 2.24) is 0 Å². The molecule has 0 aromatic heterocycles. The fraction of sp³-hybridized carbons (Fsp3) is 0.462. The van der Waals surface area contributed by atoms with Gasteiger partial charge in [0.15, 0.2) is 9.84 Å². The Labute approximate surface area is 787 Å². The van der Waals surface area contributed by atoms with E-state index in [-0.39, 0.29) is 100 Å². The molecule has 23 heteroatoms. The molecule has 0 atom stereocenters. The highest BCUT2D eigenvalue weighted by atomic mass is 35.6. The Kier molecular flexibility index (Phi) is 56.4. The topological polar surface area (TPSA) is 209 Å². The van der Waals surface area contributed by atoms with Crippen molar-refractivity contribution in [2.45, 2.75) is 242 Å². The van der Waals surface area contributed by atoms with Gasteiger partial charge in [-0.15, -0.1) is 0 Å². The Morgan fingerprint density at radius 3 is 1.09 bits per heavy atom. The highest BCUT2D eigenvalue weighted by molar-refractivity contribution is 7.92. The van der Waals surface area contributed by atoms with Gasteiger partial charge in [-0.3, -0.25) is 33.6 Å². The minimum Gasteiger partial charge on any atom is -0.466 e. The van der Waals surface area contributed by atoms with E-state index in [2.05, 4.69) is 216 Å². The van der Waals surface area contributed by atoms with Gasteiger partial charge < -0.3 is 28.4 Å². The molecule has 0 saturated heterocycles. The molecule has 0 saturated carbocycles. The molecule has 1 aliphatic carbocycles. The molecule has 0 heterocycles. The zero-order chi connectivity index (χ0) is 98.8. The molecule has 0 N–H and O–H groups in total. The molecule has 1 aliphatic rings. The quantitative estimate of drug-likeness (QED) is 0.0130. The summed E-state index contributed by atoms with van der Waals surface area (Å²) >= 11 is 16.0. The summed E-state index contributed by atoms with van der Waals surface area (Å²) in [4.78, 5) is 76.6. The van der Waals surface area contributed by atoms with Gasteiger partial charge in [-0.1, -0.05) is 410 Å².